The first-order valence-electron chi connectivity index (χ1n) is 7.19. The highest BCUT2D eigenvalue weighted by molar-refractivity contribution is 5.81. The van der Waals surface area contributed by atoms with Crippen LogP contribution in [0.4, 0.5) is 0 Å². The molecule has 114 valence electrons. The van der Waals surface area contributed by atoms with Crippen LogP contribution < -0.4 is 5.43 Å². The fraction of sp³-hybridized carbons (Fsp3) is 0.125. The molecule has 23 heavy (non-hydrogen) atoms. The molecule has 0 atom stereocenters. The molecule has 4 aromatic rings. The molecule has 0 amide bonds. The van der Waals surface area contributed by atoms with E-state index in [1.54, 1.807) is 28.0 Å². The maximum atomic E-state index is 12.2. The Morgan fingerprint density at radius 3 is 2.96 bits per heavy atom. The van der Waals surface area contributed by atoms with E-state index in [4.69, 9.17) is 0 Å². The van der Waals surface area contributed by atoms with Gasteiger partial charge in [0, 0.05) is 31.1 Å². The van der Waals surface area contributed by atoms with E-state index >= 15 is 0 Å². The zero-order valence-corrected chi connectivity index (χ0v) is 12.5. The van der Waals surface area contributed by atoms with Crippen molar-refractivity contribution in [3.63, 3.8) is 0 Å². The molecule has 3 aromatic heterocycles. The van der Waals surface area contributed by atoms with Crippen LogP contribution in [-0.4, -0.2) is 29.8 Å². The standard InChI is InChI=1S/C16H14N6O/c1-21-10-12(8-18-21)22-6-5-16(23)15(20-22)7-11-3-2-4-14-13(11)9-17-19-14/h2-6,8-10H,7H2,1H3,(H,17,19). The predicted molar refractivity (Wildman–Crippen MR) is 85.5 cm³/mol. The Bertz CT molecular complexity index is 1040. The van der Waals surface area contributed by atoms with E-state index in [0.717, 1.165) is 22.2 Å². The van der Waals surface area contributed by atoms with E-state index in [1.807, 2.05) is 31.4 Å². The Morgan fingerprint density at radius 2 is 2.13 bits per heavy atom. The van der Waals surface area contributed by atoms with Crippen molar-refractivity contribution in [1.29, 1.82) is 0 Å². The zero-order valence-electron chi connectivity index (χ0n) is 12.5. The Morgan fingerprint density at radius 1 is 1.22 bits per heavy atom. The second-order valence-corrected chi connectivity index (χ2v) is 5.37. The second kappa shape index (κ2) is 5.20. The van der Waals surface area contributed by atoms with Gasteiger partial charge in [0.15, 0.2) is 0 Å². The number of nitrogens with zero attached hydrogens (tertiary/aromatic N) is 5. The SMILES string of the molecule is Cn1cc(-n2ccc(=O)c(Cc3cccc4[nH]ncc34)n2)cn1. The fourth-order valence-corrected chi connectivity index (χ4v) is 2.60. The number of aromatic nitrogens is 6. The normalized spacial score (nSPS) is 11.2. The number of aryl methyl sites for hydroxylation is 1. The van der Waals surface area contributed by atoms with Gasteiger partial charge in [0.1, 0.15) is 11.4 Å². The van der Waals surface area contributed by atoms with Crippen molar-refractivity contribution in [2.75, 3.05) is 0 Å². The van der Waals surface area contributed by atoms with Crippen LogP contribution in [0, 0.1) is 0 Å². The lowest BCUT2D eigenvalue weighted by molar-refractivity contribution is 0.762. The Balaban J connectivity index is 1.77. The van der Waals surface area contributed by atoms with Gasteiger partial charge >= 0.3 is 0 Å². The topological polar surface area (TPSA) is 81.4 Å². The van der Waals surface area contributed by atoms with Crippen molar-refractivity contribution in [1.82, 2.24) is 29.8 Å². The van der Waals surface area contributed by atoms with Crippen LogP contribution in [-0.2, 0) is 13.5 Å². The van der Waals surface area contributed by atoms with E-state index in [-0.39, 0.29) is 5.43 Å². The van der Waals surface area contributed by atoms with Crippen molar-refractivity contribution >= 4 is 10.9 Å². The summed E-state index contributed by atoms with van der Waals surface area (Å²) < 4.78 is 3.36. The lowest BCUT2D eigenvalue weighted by Gasteiger charge is -2.06. The fourth-order valence-electron chi connectivity index (χ4n) is 2.60. The molecular weight excluding hydrogens is 292 g/mol. The first kappa shape index (κ1) is 13.4. The largest absolute Gasteiger partial charge is 0.288 e. The third-order valence-electron chi connectivity index (χ3n) is 3.77. The highest BCUT2D eigenvalue weighted by atomic mass is 16.1. The van der Waals surface area contributed by atoms with E-state index in [1.165, 1.54) is 6.07 Å². The molecule has 1 aromatic carbocycles. The van der Waals surface area contributed by atoms with Gasteiger partial charge in [0.05, 0.1) is 24.1 Å². The number of aromatic amines is 1. The van der Waals surface area contributed by atoms with Gasteiger partial charge < -0.3 is 0 Å². The van der Waals surface area contributed by atoms with Crippen molar-refractivity contribution in [2.45, 2.75) is 6.42 Å². The molecule has 0 fully saturated rings. The summed E-state index contributed by atoms with van der Waals surface area (Å²) >= 11 is 0. The number of hydrogen-bond acceptors (Lipinski definition) is 4. The highest BCUT2D eigenvalue weighted by Gasteiger charge is 2.09. The van der Waals surface area contributed by atoms with Gasteiger partial charge in [-0.15, -0.1) is 0 Å². The van der Waals surface area contributed by atoms with Gasteiger partial charge in [-0.1, -0.05) is 12.1 Å². The quantitative estimate of drug-likeness (QED) is 0.621. The van der Waals surface area contributed by atoms with Crippen molar-refractivity contribution in [2.24, 2.45) is 7.05 Å². The van der Waals surface area contributed by atoms with E-state index < -0.39 is 0 Å². The number of nitrogens with one attached hydrogen (secondary N) is 1. The second-order valence-electron chi connectivity index (χ2n) is 5.37. The Hall–Kier alpha value is -3.22. The monoisotopic (exact) mass is 306 g/mol. The molecule has 3 heterocycles. The minimum atomic E-state index is -0.0781. The summed E-state index contributed by atoms with van der Waals surface area (Å²) in [6.45, 7) is 0. The van der Waals surface area contributed by atoms with Crippen molar-refractivity contribution in [3.05, 3.63) is 70.5 Å². The van der Waals surface area contributed by atoms with Gasteiger partial charge in [-0.2, -0.15) is 15.3 Å². The maximum absolute atomic E-state index is 12.2. The Labute approximate surface area is 131 Å². The summed E-state index contributed by atoms with van der Waals surface area (Å²) in [4.78, 5) is 12.2. The minimum Gasteiger partial charge on any atom is -0.288 e. The molecule has 0 aliphatic rings. The lowest BCUT2D eigenvalue weighted by Crippen LogP contribution is -2.16. The van der Waals surface area contributed by atoms with E-state index in [9.17, 15) is 4.79 Å². The molecule has 0 saturated carbocycles. The molecule has 1 N–H and O–H groups in total. The lowest BCUT2D eigenvalue weighted by atomic mass is 10.1. The molecule has 7 nitrogen and oxygen atoms in total. The molecule has 0 spiro atoms. The number of benzene rings is 1. The van der Waals surface area contributed by atoms with Crippen LogP contribution in [0.3, 0.4) is 0 Å². The van der Waals surface area contributed by atoms with Crippen LogP contribution in [0.25, 0.3) is 16.6 Å². The number of hydrogen-bond donors (Lipinski definition) is 1. The van der Waals surface area contributed by atoms with E-state index in [0.29, 0.717) is 12.1 Å². The highest BCUT2D eigenvalue weighted by Crippen LogP contribution is 2.18. The smallest absolute Gasteiger partial charge is 0.203 e. The van der Waals surface area contributed by atoms with Crippen molar-refractivity contribution in [3.8, 4) is 5.69 Å². The van der Waals surface area contributed by atoms with Crippen LogP contribution in [0.2, 0.25) is 0 Å². The first-order valence-corrected chi connectivity index (χ1v) is 7.19. The molecule has 0 unspecified atom stereocenters. The summed E-state index contributed by atoms with van der Waals surface area (Å²) in [7, 11) is 1.84. The molecule has 0 radical (unpaired) electrons. The minimum absolute atomic E-state index is 0.0781. The van der Waals surface area contributed by atoms with Crippen molar-refractivity contribution < 1.29 is 0 Å². The molecule has 4 rings (SSSR count). The summed E-state index contributed by atoms with van der Waals surface area (Å²) in [5.41, 5.74) is 3.20. The van der Waals surface area contributed by atoms with Crippen LogP contribution in [0.5, 0.6) is 0 Å². The third kappa shape index (κ3) is 2.42. The van der Waals surface area contributed by atoms with Crippen LogP contribution in [0.1, 0.15) is 11.3 Å². The van der Waals surface area contributed by atoms with Crippen LogP contribution in [0.15, 0.2) is 53.8 Å². The van der Waals surface area contributed by atoms with Crippen LogP contribution >= 0.6 is 0 Å². The zero-order chi connectivity index (χ0) is 15.8. The summed E-state index contributed by atoms with van der Waals surface area (Å²) in [5.74, 6) is 0. The first-order chi connectivity index (χ1) is 11.2. The van der Waals surface area contributed by atoms with E-state index in [2.05, 4.69) is 20.4 Å². The van der Waals surface area contributed by atoms with Gasteiger partial charge in [-0.05, 0) is 11.6 Å². The number of rotatable bonds is 3. The Kier molecular flexibility index (Phi) is 3.04. The number of H-pyrrole nitrogens is 1. The number of fused-ring (bicyclic) bond motifs is 1. The third-order valence-corrected chi connectivity index (χ3v) is 3.77. The molecule has 0 bridgehead atoms. The summed E-state index contributed by atoms with van der Waals surface area (Å²) in [5, 5.41) is 16.6. The average molecular weight is 306 g/mol. The maximum Gasteiger partial charge on any atom is 0.203 e. The molecule has 7 heteroatoms. The average Bonchev–Trinajstić information content (AvgIpc) is 3.19. The molecule has 0 saturated heterocycles. The summed E-state index contributed by atoms with van der Waals surface area (Å²) in [6, 6.07) is 7.42. The molecule has 0 aliphatic heterocycles. The molecule has 0 aliphatic carbocycles. The summed E-state index contributed by atoms with van der Waals surface area (Å²) in [6.07, 6.45) is 7.43. The van der Waals surface area contributed by atoms with Gasteiger partial charge in [-0.3, -0.25) is 14.6 Å². The molecular formula is C16H14N6O. The van der Waals surface area contributed by atoms with Gasteiger partial charge in [-0.25, -0.2) is 4.68 Å². The predicted octanol–water partition coefficient (Wildman–Crippen LogP) is 1.43. The van der Waals surface area contributed by atoms with Gasteiger partial charge in [0.2, 0.25) is 5.43 Å². The van der Waals surface area contributed by atoms with Gasteiger partial charge in [0.25, 0.3) is 0 Å².